The van der Waals surface area contributed by atoms with E-state index < -0.39 is 48.1 Å². The van der Waals surface area contributed by atoms with Crippen molar-refractivity contribution in [2.24, 2.45) is 0 Å². The standard InChI is InChI=1S/C20H16F6N4O2/c21-16-11(2-1-3-12(16)17(22)23)7-27-18-13-8-30(15(31)6-14(13)28-10-29-18)19(20(24,25)26)4-5-32-9-19/h1-3,6,8,10,17H,4-5,7,9H2,(H,27,28,29). The van der Waals surface area contributed by atoms with Gasteiger partial charge >= 0.3 is 6.18 Å². The third-order valence-electron chi connectivity index (χ3n) is 5.45. The van der Waals surface area contributed by atoms with Gasteiger partial charge in [-0.05, 0) is 0 Å². The van der Waals surface area contributed by atoms with E-state index in [1.54, 1.807) is 0 Å². The number of alkyl halides is 5. The van der Waals surface area contributed by atoms with Gasteiger partial charge in [0.05, 0.1) is 23.1 Å². The van der Waals surface area contributed by atoms with Crippen molar-refractivity contribution in [3.8, 4) is 0 Å². The molecule has 3 heterocycles. The van der Waals surface area contributed by atoms with E-state index in [0.29, 0.717) is 4.57 Å². The molecule has 1 saturated heterocycles. The van der Waals surface area contributed by atoms with Gasteiger partial charge in [-0.2, -0.15) is 13.2 Å². The number of nitrogens with one attached hydrogen (secondary N) is 1. The summed E-state index contributed by atoms with van der Waals surface area (Å²) < 4.78 is 87.4. The van der Waals surface area contributed by atoms with E-state index in [1.165, 1.54) is 12.1 Å². The third-order valence-corrected chi connectivity index (χ3v) is 5.45. The fourth-order valence-corrected chi connectivity index (χ4v) is 3.69. The number of ether oxygens (including phenoxy) is 1. The lowest BCUT2D eigenvalue weighted by Crippen LogP contribution is -2.52. The highest BCUT2D eigenvalue weighted by Gasteiger charge is 2.59. The number of aromatic nitrogens is 3. The first-order valence-electron chi connectivity index (χ1n) is 9.46. The van der Waals surface area contributed by atoms with Gasteiger partial charge in [0.15, 0.2) is 5.54 Å². The molecule has 6 nitrogen and oxygen atoms in total. The summed E-state index contributed by atoms with van der Waals surface area (Å²) in [6.45, 7) is -1.16. The topological polar surface area (TPSA) is 69.0 Å². The molecule has 0 bridgehead atoms. The quantitative estimate of drug-likeness (QED) is 0.582. The first-order valence-corrected chi connectivity index (χ1v) is 9.46. The second kappa shape index (κ2) is 8.08. The summed E-state index contributed by atoms with van der Waals surface area (Å²) in [6, 6.07) is 4.47. The van der Waals surface area contributed by atoms with Crippen LogP contribution in [0.1, 0.15) is 24.0 Å². The van der Waals surface area contributed by atoms with E-state index in [1.807, 2.05) is 0 Å². The van der Waals surface area contributed by atoms with Gasteiger partial charge in [0.25, 0.3) is 12.0 Å². The second-order valence-electron chi connectivity index (χ2n) is 7.31. The highest BCUT2D eigenvalue weighted by molar-refractivity contribution is 5.87. The predicted molar refractivity (Wildman–Crippen MR) is 102 cm³/mol. The van der Waals surface area contributed by atoms with Crippen molar-refractivity contribution in [3.05, 3.63) is 64.1 Å². The average molecular weight is 458 g/mol. The van der Waals surface area contributed by atoms with Crippen LogP contribution in [0, 0.1) is 5.82 Å². The molecule has 1 unspecified atom stereocenters. The second-order valence-corrected chi connectivity index (χ2v) is 7.31. The van der Waals surface area contributed by atoms with Crippen LogP contribution in [0.4, 0.5) is 32.2 Å². The molecule has 1 aliphatic rings. The summed E-state index contributed by atoms with van der Waals surface area (Å²) in [5.74, 6) is -1.08. The monoisotopic (exact) mass is 458 g/mol. The maximum absolute atomic E-state index is 14.3. The Labute approximate surface area is 176 Å². The fraction of sp³-hybridized carbons (Fsp3) is 0.350. The van der Waals surface area contributed by atoms with Gasteiger partial charge in [-0.3, -0.25) is 9.36 Å². The van der Waals surface area contributed by atoms with Crippen molar-refractivity contribution < 1.29 is 31.1 Å². The molecule has 0 saturated carbocycles. The van der Waals surface area contributed by atoms with Gasteiger partial charge in [0.2, 0.25) is 0 Å². The van der Waals surface area contributed by atoms with Gasteiger partial charge in [0, 0.05) is 37.4 Å². The lowest BCUT2D eigenvalue weighted by Gasteiger charge is -2.32. The molecule has 1 fully saturated rings. The zero-order chi connectivity index (χ0) is 23.1. The molecular formula is C20H16F6N4O2. The van der Waals surface area contributed by atoms with Crippen LogP contribution in [0.15, 0.2) is 41.6 Å². The molecule has 1 N–H and O–H groups in total. The van der Waals surface area contributed by atoms with Crippen molar-refractivity contribution in [1.82, 2.24) is 14.5 Å². The van der Waals surface area contributed by atoms with Crippen LogP contribution in [0.25, 0.3) is 10.9 Å². The predicted octanol–water partition coefficient (Wildman–Crippen LogP) is 4.16. The summed E-state index contributed by atoms with van der Waals surface area (Å²) in [5, 5.41) is 2.81. The number of hydrogen-bond acceptors (Lipinski definition) is 5. The molecule has 0 radical (unpaired) electrons. The highest BCUT2D eigenvalue weighted by Crippen LogP contribution is 2.42. The minimum Gasteiger partial charge on any atom is -0.379 e. The Morgan fingerprint density at radius 2 is 2.03 bits per heavy atom. The largest absolute Gasteiger partial charge is 0.414 e. The summed E-state index contributed by atoms with van der Waals surface area (Å²) in [4.78, 5) is 20.4. The molecule has 0 amide bonds. The molecule has 1 aromatic carbocycles. The first-order chi connectivity index (χ1) is 15.1. The van der Waals surface area contributed by atoms with Crippen molar-refractivity contribution in [1.29, 1.82) is 0 Å². The van der Waals surface area contributed by atoms with Gasteiger partial charge < -0.3 is 10.1 Å². The number of halogens is 6. The van der Waals surface area contributed by atoms with Crippen LogP contribution in [0.5, 0.6) is 0 Å². The fourth-order valence-electron chi connectivity index (χ4n) is 3.69. The Morgan fingerprint density at radius 3 is 2.69 bits per heavy atom. The van der Waals surface area contributed by atoms with Gasteiger partial charge in [-0.15, -0.1) is 0 Å². The van der Waals surface area contributed by atoms with E-state index in [-0.39, 0.29) is 35.4 Å². The molecule has 170 valence electrons. The van der Waals surface area contributed by atoms with Crippen molar-refractivity contribution in [2.45, 2.75) is 31.1 Å². The van der Waals surface area contributed by atoms with Crippen LogP contribution < -0.4 is 10.9 Å². The van der Waals surface area contributed by atoms with E-state index in [2.05, 4.69) is 15.3 Å². The maximum atomic E-state index is 14.3. The summed E-state index contributed by atoms with van der Waals surface area (Å²) in [5.41, 5.74) is -4.23. The molecule has 1 atom stereocenters. The summed E-state index contributed by atoms with van der Waals surface area (Å²) in [7, 11) is 0. The Balaban J connectivity index is 1.75. The summed E-state index contributed by atoms with van der Waals surface area (Å²) >= 11 is 0. The number of nitrogens with zero attached hydrogens (tertiary/aromatic N) is 3. The van der Waals surface area contributed by atoms with Crippen molar-refractivity contribution in [2.75, 3.05) is 18.5 Å². The van der Waals surface area contributed by atoms with Crippen molar-refractivity contribution in [3.63, 3.8) is 0 Å². The smallest absolute Gasteiger partial charge is 0.379 e. The average Bonchev–Trinajstić information content (AvgIpc) is 3.23. The zero-order valence-electron chi connectivity index (χ0n) is 16.3. The number of hydrogen-bond donors (Lipinski definition) is 1. The number of rotatable bonds is 5. The lowest BCUT2D eigenvalue weighted by atomic mass is 9.97. The molecule has 1 aliphatic heterocycles. The molecule has 4 rings (SSSR count). The van der Waals surface area contributed by atoms with Gasteiger partial charge in [-0.1, -0.05) is 18.2 Å². The van der Waals surface area contributed by atoms with Gasteiger partial charge in [0.1, 0.15) is 18.0 Å². The molecule has 32 heavy (non-hydrogen) atoms. The Hall–Kier alpha value is -3.15. The number of pyridine rings is 1. The van der Waals surface area contributed by atoms with Crippen LogP contribution in [-0.2, 0) is 16.8 Å². The number of fused-ring (bicyclic) bond motifs is 1. The van der Waals surface area contributed by atoms with Crippen LogP contribution in [-0.4, -0.2) is 33.9 Å². The molecular weight excluding hydrogens is 442 g/mol. The molecule has 3 aromatic rings. The normalized spacial score (nSPS) is 19.1. The maximum Gasteiger partial charge on any atom is 0.414 e. The van der Waals surface area contributed by atoms with E-state index in [4.69, 9.17) is 4.74 Å². The summed E-state index contributed by atoms with van der Waals surface area (Å²) in [6.07, 6.45) is -6.13. The minimum atomic E-state index is -4.76. The number of anilines is 1. The van der Waals surface area contributed by atoms with E-state index >= 15 is 0 Å². The Kier molecular flexibility index (Phi) is 5.57. The van der Waals surface area contributed by atoms with Gasteiger partial charge in [-0.25, -0.2) is 23.1 Å². The highest BCUT2D eigenvalue weighted by atomic mass is 19.4. The van der Waals surface area contributed by atoms with E-state index in [9.17, 15) is 31.1 Å². The minimum absolute atomic E-state index is 0.0156. The first kappa shape index (κ1) is 22.1. The Bertz CT molecular complexity index is 1200. The Morgan fingerprint density at radius 1 is 1.25 bits per heavy atom. The van der Waals surface area contributed by atoms with Crippen LogP contribution in [0.3, 0.4) is 0 Å². The third kappa shape index (κ3) is 3.68. The zero-order valence-corrected chi connectivity index (χ0v) is 16.3. The van der Waals surface area contributed by atoms with Crippen LogP contribution >= 0.6 is 0 Å². The number of benzene rings is 1. The molecule has 12 heteroatoms. The van der Waals surface area contributed by atoms with Crippen LogP contribution in [0.2, 0.25) is 0 Å². The van der Waals surface area contributed by atoms with E-state index in [0.717, 1.165) is 24.7 Å². The van der Waals surface area contributed by atoms with Crippen molar-refractivity contribution >= 4 is 16.7 Å². The SMILES string of the molecule is O=c1cc2ncnc(NCc3cccc(C(F)F)c3F)c2cn1C1(C(F)(F)F)CCOC1. The molecule has 2 aromatic heterocycles. The lowest BCUT2D eigenvalue weighted by molar-refractivity contribution is -0.214. The molecule has 0 aliphatic carbocycles. The molecule has 0 spiro atoms.